The fourth-order valence-corrected chi connectivity index (χ4v) is 0.793. The molecular weight excluding hydrogens is 186 g/mol. The van der Waals surface area contributed by atoms with E-state index in [1.807, 2.05) is 6.07 Å². The molecule has 0 aliphatic rings. The standard InChI is InChI=1S/C9H13NO4/c10-6-1-2-7-14-9(13)5-3-4-8(11)12/h1-5,7H2,(H,11,12). The molecule has 0 aliphatic heterocycles. The smallest absolute Gasteiger partial charge is 0.305 e. The number of carbonyl (C=O) groups is 2. The van der Waals surface area contributed by atoms with Crippen LogP contribution >= 0.6 is 0 Å². The molecule has 5 nitrogen and oxygen atoms in total. The zero-order valence-corrected chi connectivity index (χ0v) is 7.86. The van der Waals surface area contributed by atoms with Crippen LogP contribution in [0.5, 0.6) is 0 Å². The van der Waals surface area contributed by atoms with E-state index >= 15 is 0 Å². The maximum Gasteiger partial charge on any atom is 0.305 e. The molecule has 0 rings (SSSR count). The third-order valence-electron chi connectivity index (χ3n) is 1.47. The normalized spacial score (nSPS) is 9.07. The lowest BCUT2D eigenvalue weighted by molar-refractivity contribution is -0.144. The molecule has 0 unspecified atom stereocenters. The Hall–Kier alpha value is -1.57. The predicted octanol–water partition coefficient (Wildman–Crippen LogP) is 1.09. The number of carboxylic acid groups (broad SMARTS) is 1. The van der Waals surface area contributed by atoms with Gasteiger partial charge in [-0.25, -0.2) is 0 Å². The molecule has 0 aromatic carbocycles. The van der Waals surface area contributed by atoms with E-state index in [2.05, 4.69) is 0 Å². The molecule has 0 saturated heterocycles. The number of carboxylic acids is 1. The summed E-state index contributed by atoms with van der Waals surface area (Å²) in [5.41, 5.74) is 0. The lowest BCUT2D eigenvalue weighted by Crippen LogP contribution is -2.06. The van der Waals surface area contributed by atoms with Crippen molar-refractivity contribution in [1.82, 2.24) is 0 Å². The van der Waals surface area contributed by atoms with Crippen molar-refractivity contribution in [1.29, 1.82) is 5.26 Å². The Kier molecular flexibility index (Phi) is 7.15. The lowest BCUT2D eigenvalue weighted by Gasteiger charge is -2.01. The number of unbranched alkanes of at least 4 members (excludes halogenated alkanes) is 1. The second-order valence-corrected chi connectivity index (χ2v) is 2.73. The van der Waals surface area contributed by atoms with Gasteiger partial charge in [0.15, 0.2) is 0 Å². The number of carbonyl (C=O) groups excluding carboxylic acids is 1. The summed E-state index contributed by atoms with van der Waals surface area (Å²) in [5.74, 6) is -1.31. The van der Waals surface area contributed by atoms with Gasteiger partial charge in [-0.3, -0.25) is 9.59 Å². The molecule has 78 valence electrons. The molecule has 0 fully saturated rings. The number of aliphatic carboxylic acids is 1. The fourth-order valence-electron chi connectivity index (χ4n) is 0.793. The fraction of sp³-hybridized carbons (Fsp3) is 0.667. The lowest BCUT2D eigenvalue weighted by atomic mass is 10.2. The average molecular weight is 199 g/mol. The Morgan fingerprint density at radius 1 is 1.29 bits per heavy atom. The van der Waals surface area contributed by atoms with Gasteiger partial charge in [0.25, 0.3) is 0 Å². The molecule has 0 saturated carbocycles. The van der Waals surface area contributed by atoms with E-state index in [0.717, 1.165) is 0 Å². The van der Waals surface area contributed by atoms with Crippen LogP contribution in [0.25, 0.3) is 0 Å². The molecular formula is C9H13NO4. The summed E-state index contributed by atoms with van der Waals surface area (Å²) in [5, 5.41) is 16.5. The van der Waals surface area contributed by atoms with Gasteiger partial charge in [-0.2, -0.15) is 5.26 Å². The maximum atomic E-state index is 10.9. The van der Waals surface area contributed by atoms with Gasteiger partial charge in [0.05, 0.1) is 12.7 Å². The largest absolute Gasteiger partial charge is 0.481 e. The maximum absolute atomic E-state index is 10.9. The molecule has 0 spiro atoms. The Bertz CT molecular complexity index is 231. The van der Waals surface area contributed by atoms with Crippen molar-refractivity contribution in [3.8, 4) is 6.07 Å². The average Bonchev–Trinajstić information content (AvgIpc) is 2.12. The highest BCUT2D eigenvalue weighted by molar-refractivity contribution is 5.71. The van der Waals surface area contributed by atoms with Crippen LogP contribution in [0, 0.1) is 11.3 Å². The highest BCUT2D eigenvalue weighted by Gasteiger charge is 2.04. The van der Waals surface area contributed by atoms with Gasteiger partial charge in [-0.1, -0.05) is 0 Å². The van der Waals surface area contributed by atoms with Crippen molar-refractivity contribution in [3.05, 3.63) is 0 Å². The molecule has 0 atom stereocenters. The SMILES string of the molecule is N#CCCCOC(=O)CCCC(=O)O. The van der Waals surface area contributed by atoms with Crippen LogP contribution < -0.4 is 0 Å². The number of hydrogen-bond acceptors (Lipinski definition) is 4. The third-order valence-corrected chi connectivity index (χ3v) is 1.47. The van der Waals surface area contributed by atoms with E-state index in [4.69, 9.17) is 15.1 Å². The van der Waals surface area contributed by atoms with Gasteiger partial charge >= 0.3 is 11.9 Å². The second kappa shape index (κ2) is 8.05. The first kappa shape index (κ1) is 12.4. The van der Waals surface area contributed by atoms with Gasteiger partial charge < -0.3 is 9.84 Å². The molecule has 5 heteroatoms. The highest BCUT2D eigenvalue weighted by Crippen LogP contribution is 1.98. The Morgan fingerprint density at radius 3 is 2.57 bits per heavy atom. The van der Waals surface area contributed by atoms with Crippen LogP contribution in [0.4, 0.5) is 0 Å². The van der Waals surface area contributed by atoms with Gasteiger partial charge in [0.1, 0.15) is 0 Å². The number of rotatable bonds is 7. The summed E-state index contributed by atoms with van der Waals surface area (Å²) in [6.45, 7) is 0.236. The quantitative estimate of drug-likeness (QED) is 0.489. The van der Waals surface area contributed by atoms with Crippen LogP contribution in [0.1, 0.15) is 32.1 Å². The molecule has 0 aliphatic carbocycles. The Morgan fingerprint density at radius 2 is 2.00 bits per heavy atom. The first-order valence-electron chi connectivity index (χ1n) is 4.41. The molecule has 1 N–H and O–H groups in total. The van der Waals surface area contributed by atoms with Crippen molar-refractivity contribution in [2.24, 2.45) is 0 Å². The van der Waals surface area contributed by atoms with E-state index in [0.29, 0.717) is 19.3 Å². The van der Waals surface area contributed by atoms with Gasteiger partial charge in [0, 0.05) is 19.3 Å². The van der Waals surface area contributed by atoms with Crippen molar-refractivity contribution in [2.45, 2.75) is 32.1 Å². The van der Waals surface area contributed by atoms with Crippen LogP contribution in [0.2, 0.25) is 0 Å². The highest BCUT2D eigenvalue weighted by atomic mass is 16.5. The van der Waals surface area contributed by atoms with E-state index in [1.165, 1.54) is 0 Å². The van der Waals surface area contributed by atoms with Crippen molar-refractivity contribution >= 4 is 11.9 Å². The zero-order chi connectivity index (χ0) is 10.8. The summed E-state index contributed by atoms with van der Waals surface area (Å²) in [7, 11) is 0. The molecule has 0 heterocycles. The summed E-state index contributed by atoms with van der Waals surface area (Å²) in [6.07, 6.45) is 1.29. The predicted molar refractivity (Wildman–Crippen MR) is 47.3 cm³/mol. The molecule has 14 heavy (non-hydrogen) atoms. The monoisotopic (exact) mass is 199 g/mol. The molecule has 0 bridgehead atoms. The molecule has 0 radical (unpaired) electrons. The van der Waals surface area contributed by atoms with E-state index in [-0.39, 0.29) is 19.4 Å². The number of nitriles is 1. The molecule has 0 amide bonds. The Balaban J connectivity index is 3.29. The van der Waals surface area contributed by atoms with Gasteiger partial charge in [-0.05, 0) is 12.8 Å². The molecule has 0 aromatic rings. The van der Waals surface area contributed by atoms with Crippen LogP contribution in [0.15, 0.2) is 0 Å². The number of esters is 1. The van der Waals surface area contributed by atoms with E-state index in [9.17, 15) is 9.59 Å². The first-order valence-corrected chi connectivity index (χ1v) is 4.41. The number of ether oxygens (including phenoxy) is 1. The summed E-state index contributed by atoms with van der Waals surface area (Å²) in [4.78, 5) is 21.0. The summed E-state index contributed by atoms with van der Waals surface area (Å²) >= 11 is 0. The zero-order valence-electron chi connectivity index (χ0n) is 7.86. The summed E-state index contributed by atoms with van der Waals surface area (Å²) < 4.78 is 4.74. The van der Waals surface area contributed by atoms with E-state index in [1.54, 1.807) is 0 Å². The van der Waals surface area contributed by atoms with Crippen molar-refractivity contribution < 1.29 is 19.4 Å². The van der Waals surface area contributed by atoms with Crippen LogP contribution in [-0.2, 0) is 14.3 Å². The summed E-state index contributed by atoms with van der Waals surface area (Å²) in [6, 6.07) is 1.93. The minimum Gasteiger partial charge on any atom is -0.481 e. The second-order valence-electron chi connectivity index (χ2n) is 2.73. The first-order chi connectivity index (χ1) is 6.66. The molecule has 0 aromatic heterocycles. The number of nitrogens with zero attached hydrogens (tertiary/aromatic N) is 1. The van der Waals surface area contributed by atoms with Gasteiger partial charge in [0.2, 0.25) is 0 Å². The van der Waals surface area contributed by atoms with Crippen molar-refractivity contribution in [2.75, 3.05) is 6.61 Å². The third kappa shape index (κ3) is 8.53. The van der Waals surface area contributed by atoms with Crippen LogP contribution in [-0.4, -0.2) is 23.7 Å². The van der Waals surface area contributed by atoms with Gasteiger partial charge in [-0.15, -0.1) is 0 Å². The Labute approximate surface area is 82.3 Å². The van der Waals surface area contributed by atoms with Crippen molar-refractivity contribution in [3.63, 3.8) is 0 Å². The van der Waals surface area contributed by atoms with Crippen LogP contribution in [0.3, 0.4) is 0 Å². The van der Waals surface area contributed by atoms with E-state index < -0.39 is 11.9 Å². The minimum absolute atomic E-state index is 0.0205. The minimum atomic E-state index is -0.915. The topological polar surface area (TPSA) is 87.4 Å². The number of hydrogen-bond donors (Lipinski definition) is 1.